The Morgan fingerprint density at radius 1 is 1.19 bits per heavy atom. The van der Waals surface area contributed by atoms with Gasteiger partial charge in [-0.05, 0) is 12.5 Å². The molecule has 8 heteroatoms. The SMILES string of the molecule is CO[SiH](CCCN=C=O)[Si](OC)(OC)OC. The van der Waals surface area contributed by atoms with E-state index in [0.717, 1.165) is 12.5 Å². The molecule has 0 aromatic heterocycles. The maximum absolute atomic E-state index is 9.91. The van der Waals surface area contributed by atoms with E-state index in [9.17, 15) is 4.79 Å². The average molecular weight is 265 g/mol. The molecule has 0 aliphatic rings. The Kier molecular flexibility index (Phi) is 8.58. The van der Waals surface area contributed by atoms with Crippen molar-refractivity contribution in [3.8, 4) is 0 Å². The third kappa shape index (κ3) is 4.26. The van der Waals surface area contributed by atoms with Crippen molar-refractivity contribution in [2.24, 2.45) is 4.99 Å². The first-order chi connectivity index (χ1) is 7.70. The maximum Gasteiger partial charge on any atom is 0.498 e. The lowest BCUT2D eigenvalue weighted by atomic mass is 10.5. The van der Waals surface area contributed by atoms with Crippen molar-refractivity contribution in [1.29, 1.82) is 0 Å². The van der Waals surface area contributed by atoms with Crippen LogP contribution < -0.4 is 0 Å². The molecule has 94 valence electrons. The van der Waals surface area contributed by atoms with Crippen LogP contribution in [0.3, 0.4) is 0 Å². The fourth-order valence-corrected chi connectivity index (χ4v) is 9.11. The minimum Gasteiger partial charge on any atom is -0.418 e. The quantitative estimate of drug-likeness (QED) is 0.255. The Labute approximate surface area is 98.4 Å². The molecule has 0 rings (SSSR count). The normalized spacial score (nSPS) is 13.2. The highest BCUT2D eigenvalue weighted by atomic mass is 29.3. The molecule has 0 spiro atoms. The molecule has 0 amide bonds. The van der Waals surface area contributed by atoms with E-state index in [2.05, 4.69) is 4.99 Å². The highest BCUT2D eigenvalue weighted by Crippen LogP contribution is 2.16. The first-order valence-corrected chi connectivity index (χ1v) is 9.74. The van der Waals surface area contributed by atoms with Crippen LogP contribution in [0.2, 0.25) is 6.04 Å². The number of hydrogen-bond acceptors (Lipinski definition) is 6. The molecule has 0 saturated heterocycles. The largest absolute Gasteiger partial charge is 0.498 e. The highest BCUT2D eigenvalue weighted by Gasteiger charge is 2.49. The predicted octanol–water partition coefficient (Wildman–Crippen LogP) is 0.0390. The van der Waals surface area contributed by atoms with Crippen molar-refractivity contribution in [3.05, 3.63) is 0 Å². The van der Waals surface area contributed by atoms with Crippen LogP contribution in [0, 0.1) is 0 Å². The molecule has 0 aromatic carbocycles. The Morgan fingerprint density at radius 3 is 2.12 bits per heavy atom. The summed E-state index contributed by atoms with van der Waals surface area (Å²) in [6.45, 7) is 0.456. The Morgan fingerprint density at radius 2 is 1.75 bits per heavy atom. The number of isocyanates is 1. The lowest BCUT2D eigenvalue weighted by Crippen LogP contribution is -2.58. The summed E-state index contributed by atoms with van der Waals surface area (Å²) in [6.07, 6.45) is 2.26. The van der Waals surface area contributed by atoms with Crippen LogP contribution in [0.25, 0.3) is 0 Å². The second-order valence-electron chi connectivity index (χ2n) is 3.06. The standard InChI is InChI=1S/C8H19NO5Si2/c1-11-15(7-5-6-9-8-10)16(12-2,13-3)14-4/h15H,5-7H2,1-4H3. The van der Waals surface area contributed by atoms with Gasteiger partial charge in [-0.3, -0.25) is 0 Å². The van der Waals surface area contributed by atoms with Gasteiger partial charge in [0, 0.05) is 28.4 Å². The first-order valence-electron chi connectivity index (χ1n) is 4.92. The Bertz CT molecular complexity index is 222. The van der Waals surface area contributed by atoms with Crippen LogP contribution in [0.4, 0.5) is 0 Å². The third-order valence-corrected chi connectivity index (χ3v) is 12.4. The lowest BCUT2D eigenvalue weighted by Gasteiger charge is -2.30. The Hall–Kier alpha value is -0.346. The van der Waals surface area contributed by atoms with E-state index in [0.29, 0.717) is 6.54 Å². The van der Waals surface area contributed by atoms with Crippen molar-refractivity contribution in [1.82, 2.24) is 0 Å². The van der Waals surface area contributed by atoms with Gasteiger partial charge in [0.15, 0.2) is 0 Å². The molecule has 1 atom stereocenters. The van der Waals surface area contributed by atoms with E-state index in [1.54, 1.807) is 28.4 Å². The zero-order valence-corrected chi connectivity index (χ0v) is 12.3. The van der Waals surface area contributed by atoms with Crippen molar-refractivity contribution in [2.75, 3.05) is 35.0 Å². The fraction of sp³-hybridized carbons (Fsp3) is 0.875. The average Bonchev–Trinajstić information content (AvgIpc) is 2.34. The summed E-state index contributed by atoms with van der Waals surface area (Å²) >= 11 is 0. The van der Waals surface area contributed by atoms with E-state index < -0.39 is 16.9 Å². The summed E-state index contributed by atoms with van der Waals surface area (Å²) in [6, 6.07) is 0.795. The van der Waals surface area contributed by atoms with Gasteiger partial charge in [-0.25, -0.2) is 9.79 Å². The van der Waals surface area contributed by atoms with Gasteiger partial charge >= 0.3 is 8.32 Å². The van der Waals surface area contributed by atoms with Gasteiger partial charge in [0.25, 0.3) is 8.56 Å². The number of carbonyl (C=O) groups excluding carboxylic acids is 1. The third-order valence-electron chi connectivity index (χ3n) is 2.33. The molecular formula is C8H19NO5Si2. The zero-order valence-electron chi connectivity index (χ0n) is 10.2. The van der Waals surface area contributed by atoms with Gasteiger partial charge in [0.1, 0.15) is 0 Å². The van der Waals surface area contributed by atoms with Crippen LogP contribution in [0.15, 0.2) is 4.99 Å². The van der Waals surface area contributed by atoms with Gasteiger partial charge in [-0.1, -0.05) is 0 Å². The van der Waals surface area contributed by atoms with E-state index in [-0.39, 0.29) is 0 Å². The summed E-state index contributed by atoms with van der Waals surface area (Å²) in [5.74, 6) is 0. The molecule has 0 heterocycles. The Balaban J connectivity index is 4.37. The van der Waals surface area contributed by atoms with E-state index in [4.69, 9.17) is 17.7 Å². The number of rotatable bonds is 9. The molecule has 1 unspecified atom stereocenters. The van der Waals surface area contributed by atoms with E-state index in [1.807, 2.05) is 0 Å². The summed E-state index contributed by atoms with van der Waals surface area (Å²) in [4.78, 5) is 13.4. The predicted molar refractivity (Wildman–Crippen MR) is 63.4 cm³/mol. The maximum atomic E-state index is 9.91. The second kappa shape index (κ2) is 8.77. The van der Waals surface area contributed by atoms with Gasteiger partial charge in [0.05, 0.1) is 6.54 Å². The highest BCUT2D eigenvalue weighted by molar-refractivity contribution is 7.21. The monoisotopic (exact) mass is 265 g/mol. The summed E-state index contributed by atoms with van der Waals surface area (Å²) in [7, 11) is 2.00. The lowest BCUT2D eigenvalue weighted by molar-refractivity contribution is 0.139. The van der Waals surface area contributed by atoms with Crippen LogP contribution in [-0.4, -0.2) is 57.9 Å². The number of hydrogen-bond donors (Lipinski definition) is 0. The van der Waals surface area contributed by atoms with E-state index in [1.165, 1.54) is 6.08 Å². The van der Waals surface area contributed by atoms with Gasteiger partial charge in [-0.15, -0.1) is 0 Å². The van der Waals surface area contributed by atoms with Gasteiger partial charge in [0.2, 0.25) is 6.08 Å². The minimum absolute atomic E-state index is 0.456. The molecule has 0 radical (unpaired) electrons. The molecule has 0 N–H and O–H groups in total. The second-order valence-corrected chi connectivity index (χ2v) is 11.6. The van der Waals surface area contributed by atoms with Crippen molar-refractivity contribution in [2.45, 2.75) is 12.5 Å². The molecule has 0 aliphatic carbocycles. The van der Waals surface area contributed by atoms with Crippen molar-refractivity contribution < 1.29 is 22.5 Å². The van der Waals surface area contributed by atoms with Crippen molar-refractivity contribution in [3.63, 3.8) is 0 Å². The summed E-state index contributed by atoms with van der Waals surface area (Å²) in [5.41, 5.74) is 0. The molecule has 0 bridgehead atoms. The van der Waals surface area contributed by atoms with Gasteiger partial charge in [-0.2, -0.15) is 0 Å². The summed E-state index contributed by atoms with van der Waals surface area (Å²) < 4.78 is 21.6. The van der Waals surface area contributed by atoms with Crippen LogP contribution in [0.5, 0.6) is 0 Å². The molecule has 16 heavy (non-hydrogen) atoms. The number of nitrogens with zero attached hydrogens (tertiary/aromatic N) is 1. The minimum atomic E-state index is -2.63. The molecule has 6 nitrogen and oxygen atoms in total. The summed E-state index contributed by atoms with van der Waals surface area (Å²) in [5, 5.41) is 0. The van der Waals surface area contributed by atoms with Gasteiger partial charge < -0.3 is 17.7 Å². The van der Waals surface area contributed by atoms with Crippen LogP contribution in [-0.2, 0) is 22.5 Å². The first kappa shape index (κ1) is 15.7. The number of aliphatic imine (C=N–C) groups is 1. The topological polar surface area (TPSA) is 66.4 Å². The van der Waals surface area contributed by atoms with Crippen molar-refractivity contribution >= 4 is 23.0 Å². The molecule has 0 aliphatic heterocycles. The van der Waals surface area contributed by atoms with E-state index >= 15 is 0 Å². The van der Waals surface area contributed by atoms with Crippen LogP contribution in [0.1, 0.15) is 6.42 Å². The molecular weight excluding hydrogens is 246 g/mol. The molecule has 0 saturated carbocycles. The fourth-order valence-electron chi connectivity index (χ4n) is 1.48. The molecule has 0 fully saturated rings. The smallest absolute Gasteiger partial charge is 0.418 e. The van der Waals surface area contributed by atoms with Crippen LogP contribution >= 0.6 is 0 Å². The zero-order chi connectivity index (χ0) is 12.4. The molecule has 0 aromatic rings.